The normalized spacial score (nSPS) is 10.9. The van der Waals surface area contributed by atoms with Crippen LogP contribution in [0.3, 0.4) is 0 Å². The molecule has 0 aliphatic rings. The Morgan fingerprint density at radius 2 is 2.07 bits per heavy atom. The Hall–Kier alpha value is -2.16. The van der Waals surface area contributed by atoms with Crippen molar-refractivity contribution in [2.75, 3.05) is 12.4 Å². The Kier molecular flexibility index (Phi) is 6.53. The molecule has 3 rings (SSSR count). The first-order valence-electron chi connectivity index (χ1n) is 8.57. The molecule has 0 spiro atoms. The molecule has 10 heteroatoms. The molecular formula is C18H19Cl2FN6S. The largest absolute Gasteiger partial charge is 0.346 e. The lowest BCUT2D eigenvalue weighted by molar-refractivity contribution is 0.471. The lowest BCUT2D eigenvalue weighted by Gasteiger charge is -2.20. The minimum absolute atomic E-state index is 0.223. The molecule has 2 heterocycles. The summed E-state index contributed by atoms with van der Waals surface area (Å²) in [4.78, 5) is 1.84. The number of thiocarbonyl (C=S) groups is 1. The highest BCUT2D eigenvalue weighted by molar-refractivity contribution is 7.80. The number of rotatable bonds is 6. The summed E-state index contributed by atoms with van der Waals surface area (Å²) >= 11 is 17.7. The molecule has 0 saturated heterocycles. The fourth-order valence-corrected chi connectivity index (χ4v) is 3.27. The van der Waals surface area contributed by atoms with Gasteiger partial charge < -0.3 is 10.2 Å². The van der Waals surface area contributed by atoms with Crippen molar-refractivity contribution in [2.24, 2.45) is 0 Å². The highest BCUT2D eigenvalue weighted by Crippen LogP contribution is 2.20. The fraction of sp³-hybridized carbons (Fsp3) is 0.278. The van der Waals surface area contributed by atoms with Crippen molar-refractivity contribution in [3.63, 3.8) is 0 Å². The van der Waals surface area contributed by atoms with Crippen LogP contribution in [0.2, 0.25) is 10.0 Å². The summed E-state index contributed by atoms with van der Waals surface area (Å²) in [6.07, 6.45) is 3.36. The van der Waals surface area contributed by atoms with Gasteiger partial charge in [-0.2, -0.15) is 10.2 Å². The van der Waals surface area contributed by atoms with Crippen molar-refractivity contribution in [2.45, 2.75) is 26.6 Å². The second kappa shape index (κ2) is 8.89. The number of aryl methyl sites for hydroxylation is 1. The van der Waals surface area contributed by atoms with Gasteiger partial charge in [0.05, 0.1) is 30.0 Å². The summed E-state index contributed by atoms with van der Waals surface area (Å²) in [7, 11) is 1.86. The summed E-state index contributed by atoms with van der Waals surface area (Å²) < 4.78 is 17.4. The van der Waals surface area contributed by atoms with Crippen LogP contribution in [0.15, 0.2) is 36.7 Å². The smallest absolute Gasteiger partial charge is 0.174 e. The van der Waals surface area contributed by atoms with Crippen LogP contribution in [0.5, 0.6) is 0 Å². The minimum atomic E-state index is -0.364. The van der Waals surface area contributed by atoms with E-state index in [1.807, 2.05) is 23.6 Å². The van der Waals surface area contributed by atoms with Crippen molar-refractivity contribution in [3.05, 3.63) is 63.8 Å². The van der Waals surface area contributed by atoms with Gasteiger partial charge in [-0.05, 0) is 31.3 Å². The molecular weight excluding hydrogens is 422 g/mol. The van der Waals surface area contributed by atoms with Crippen LogP contribution < -0.4 is 5.32 Å². The maximum absolute atomic E-state index is 13.9. The first kappa shape index (κ1) is 20.6. The molecule has 0 aliphatic heterocycles. The highest BCUT2D eigenvalue weighted by Gasteiger charge is 2.14. The molecule has 1 N–H and O–H groups in total. The number of halogens is 3. The van der Waals surface area contributed by atoms with Gasteiger partial charge in [0.25, 0.3) is 0 Å². The quantitative estimate of drug-likeness (QED) is 0.574. The Bertz CT molecular complexity index is 966. The van der Waals surface area contributed by atoms with Gasteiger partial charge in [-0.1, -0.05) is 29.3 Å². The number of nitrogens with zero attached hydrogens (tertiary/aromatic N) is 5. The van der Waals surface area contributed by atoms with Gasteiger partial charge in [0.1, 0.15) is 5.82 Å². The third-order valence-electron chi connectivity index (χ3n) is 4.19. The zero-order valence-electron chi connectivity index (χ0n) is 15.4. The SMILES string of the molecule is CCn1ncc(Cl)c1CN(C)C(=S)Nc1ccn(Cc2c(F)cccc2Cl)n1. The molecule has 0 radical (unpaired) electrons. The lowest BCUT2D eigenvalue weighted by Crippen LogP contribution is -2.31. The minimum Gasteiger partial charge on any atom is -0.346 e. The lowest BCUT2D eigenvalue weighted by atomic mass is 10.2. The molecule has 0 fully saturated rings. The van der Waals surface area contributed by atoms with E-state index in [-0.39, 0.29) is 12.4 Å². The molecule has 148 valence electrons. The van der Waals surface area contributed by atoms with Crippen LogP contribution in [-0.4, -0.2) is 36.6 Å². The summed E-state index contributed by atoms with van der Waals surface area (Å²) in [5.41, 5.74) is 1.27. The van der Waals surface area contributed by atoms with Crippen LogP contribution in [-0.2, 0) is 19.6 Å². The van der Waals surface area contributed by atoms with E-state index in [2.05, 4.69) is 15.5 Å². The van der Waals surface area contributed by atoms with E-state index in [0.29, 0.717) is 33.1 Å². The molecule has 28 heavy (non-hydrogen) atoms. The molecule has 0 aliphatic carbocycles. The monoisotopic (exact) mass is 440 g/mol. The van der Waals surface area contributed by atoms with E-state index >= 15 is 0 Å². The number of benzene rings is 1. The maximum atomic E-state index is 13.9. The summed E-state index contributed by atoms with van der Waals surface area (Å²) in [6, 6.07) is 6.36. The van der Waals surface area contributed by atoms with Crippen LogP contribution in [0.1, 0.15) is 18.2 Å². The molecule has 0 bridgehead atoms. The Morgan fingerprint density at radius 3 is 2.79 bits per heavy atom. The summed E-state index contributed by atoms with van der Waals surface area (Å²) in [5.74, 6) is 0.191. The zero-order valence-corrected chi connectivity index (χ0v) is 17.7. The third-order valence-corrected chi connectivity index (χ3v) is 5.27. The van der Waals surface area contributed by atoms with E-state index in [1.54, 1.807) is 35.3 Å². The predicted molar refractivity (Wildman–Crippen MR) is 113 cm³/mol. The average Bonchev–Trinajstić information content (AvgIpc) is 3.25. The van der Waals surface area contributed by atoms with Gasteiger partial charge in [-0.25, -0.2) is 4.39 Å². The van der Waals surface area contributed by atoms with Crippen molar-refractivity contribution < 1.29 is 4.39 Å². The Morgan fingerprint density at radius 1 is 1.29 bits per heavy atom. The molecule has 3 aromatic rings. The molecule has 6 nitrogen and oxygen atoms in total. The van der Waals surface area contributed by atoms with Crippen molar-refractivity contribution >= 4 is 46.4 Å². The summed E-state index contributed by atoms with van der Waals surface area (Å²) in [6.45, 7) is 3.45. The van der Waals surface area contributed by atoms with Crippen LogP contribution in [0.25, 0.3) is 0 Å². The predicted octanol–water partition coefficient (Wildman–Crippen LogP) is 4.42. The molecule has 0 amide bonds. The van der Waals surface area contributed by atoms with E-state index in [1.165, 1.54) is 6.07 Å². The fourth-order valence-electron chi connectivity index (χ4n) is 2.68. The summed E-state index contributed by atoms with van der Waals surface area (Å²) in [5, 5.41) is 13.1. The van der Waals surface area contributed by atoms with Crippen LogP contribution in [0, 0.1) is 5.82 Å². The van der Waals surface area contributed by atoms with Gasteiger partial charge in [-0.3, -0.25) is 9.36 Å². The topological polar surface area (TPSA) is 50.9 Å². The van der Waals surface area contributed by atoms with Crippen molar-refractivity contribution in [1.82, 2.24) is 24.5 Å². The van der Waals surface area contributed by atoms with Crippen molar-refractivity contribution in [3.8, 4) is 0 Å². The number of aromatic nitrogens is 4. The molecule has 0 atom stereocenters. The number of hydrogen-bond donors (Lipinski definition) is 1. The highest BCUT2D eigenvalue weighted by atomic mass is 35.5. The standard InChI is InChI=1S/C18H19Cl2FN6S/c1-3-27-16(14(20)9-22-27)11-25(2)18(28)23-17-7-8-26(24-17)10-12-13(19)5-4-6-15(12)21/h4-9H,3,10-11H2,1-2H3,(H,23,24,28). The number of hydrogen-bond acceptors (Lipinski definition) is 3. The second-order valence-corrected chi connectivity index (χ2v) is 7.34. The number of nitrogens with one attached hydrogen (secondary N) is 1. The van der Waals surface area contributed by atoms with E-state index < -0.39 is 0 Å². The number of anilines is 1. The molecule has 0 saturated carbocycles. The Balaban J connectivity index is 1.64. The van der Waals surface area contributed by atoms with E-state index in [4.69, 9.17) is 35.4 Å². The van der Waals surface area contributed by atoms with Crippen LogP contribution in [0.4, 0.5) is 10.2 Å². The first-order valence-corrected chi connectivity index (χ1v) is 9.74. The van der Waals surface area contributed by atoms with E-state index in [0.717, 1.165) is 12.2 Å². The third kappa shape index (κ3) is 4.63. The molecule has 2 aromatic heterocycles. The van der Waals surface area contributed by atoms with Gasteiger partial charge in [-0.15, -0.1) is 0 Å². The second-order valence-electron chi connectivity index (χ2n) is 6.14. The maximum Gasteiger partial charge on any atom is 0.174 e. The van der Waals surface area contributed by atoms with Crippen LogP contribution >= 0.6 is 35.4 Å². The zero-order chi connectivity index (χ0) is 20.3. The van der Waals surface area contributed by atoms with E-state index in [9.17, 15) is 4.39 Å². The van der Waals surface area contributed by atoms with Gasteiger partial charge >= 0.3 is 0 Å². The van der Waals surface area contributed by atoms with Gasteiger partial charge in [0.15, 0.2) is 10.9 Å². The van der Waals surface area contributed by atoms with Crippen molar-refractivity contribution in [1.29, 1.82) is 0 Å². The molecule has 1 aromatic carbocycles. The van der Waals surface area contributed by atoms with Gasteiger partial charge in [0.2, 0.25) is 0 Å². The first-order chi connectivity index (χ1) is 13.4. The average molecular weight is 441 g/mol. The Labute approximate surface area is 177 Å². The van der Waals surface area contributed by atoms with Gasteiger partial charge in [0, 0.05) is 36.4 Å². The molecule has 0 unspecified atom stereocenters.